The van der Waals surface area contributed by atoms with Crippen molar-refractivity contribution in [3.63, 3.8) is 0 Å². The van der Waals surface area contributed by atoms with E-state index >= 15 is 0 Å². The lowest BCUT2D eigenvalue weighted by Gasteiger charge is -2.10. The topological polar surface area (TPSA) is 70.2 Å². The highest BCUT2D eigenvalue weighted by Crippen LogP contribution is 2.27. The van der Waals surface area contributed by atoms with Crippen LogP contribution in [-0.2, 0) is 0 Å². The fraction of sp³-hybridized carbons (Fsp3) is 0.0952. The molecular weight excluding hydrogens is 414 g/mol. The molecule has 0 aliphatic heterocycles. The third kappa shape index (κ3) is 4.32. The molecule has 146 valence electrons. The van der Waals surface area contributed by atoms with Crippen molar-refractivity contribution in [3.05, 3.63) is 86.4 Å². The molecule has 0 bridgehead atoms. The number of hydrogen-bond donors (Lipinski definition) is 1. The van der Waals surface area contributed by atoms with Crippen LogP contribution in [0.1, 0.15) is 32.9 Å². The van der Waals surface area contributed by atoms with Gasteiger partial charge in [-0.3, -0.25) is 4.79 Å². The molecule has 8 heteroatoms. The molecule has 1 amide bonds. The van der Waals surface area contributed by atoms with Crippen molar-refractivity contribution < 1.29 is 9.18 Å². The monoisotopic (exact) mass is 428 g/mol. The van der Waals surface area contributed by atoms with E-state index in [4.69, 9.17) is 28.5 Å². The van der Waals surface area contributed by atoms with Gasteiger partial charge < -0.3 is 4.57 Å². The van der Waals surface area contributed by atoms with Gasteiger partial charge in [-0.2, -0.15) is 10.4 Å². The van der Waals surface area contributed by atoms with Crippen molar-refractivity contribution in [3.8, 4) is 11.8 Å². The summed E-state index contributed by atoms with van der Waals surface area (Å²) in [5, 5.41) is 13.6. The summed E-state index contributed by atoms with van der Waals surface area (Å²) in [7, 11) is 0. The predicted octanol–water partition coefficient (Wildman–Crippen LogP) is 5.18. The lowest BCUT2D eigenvalue weighted by molar-refractivity contribution is 0.0951. The summed E-state index contributed by atoms with van der Waals surface area (Å²) in [6.45, 7) is 3.83. The summed E-state index contributed by atoms with van der Waals surface area (Å²) in [5.41, 5.74) is 5.67. The molecule has 3 rings (SSSR count). The maximum Gasteiger partial charge on any atom is 0.274 e. The van der Waals surface area contributed by atoms with Gasteiger partial charge in [0.2, 0.25) is 0 Å². The molecule has 29 heavy (non-hydrogen) atoms. The average molecular weight is 429 g/mol. The molecule has 0 atom stereocenters. The molecule has 0 aliphatic rings. The molecule has 0 unspecified atom stereocenters. The van der Waals surface area contributed by atoms with Gasteiger partial charge in [-0.1, -0.05) is 23.2 Å². The first-order valence-electron chi connectivity index (χ1n) is 8.49. The van der Waals surface area contributed by atoms with Gasteiger partial charge in [-0.05, 0) is 56.3 Å². The minimum atomic E-state index is -0.783. The number of amides is 1. The number of aryl methyl sites for hydroxylation is 1. The molecule has 0 aliphatic carbocycles. The van der Waals surface area contributed by atoms with E-state index in [2.05, 4.69) is 10.5 Å². The lowest BCUT2D eigenvalue weighted by atomic mass is 10.1. The van der Waals surface area contributed by atoms with Gasteiger partial charge in [0.15, 0.2) is 0 Å². The number of benzene rings is 2. The van der Waals surface area contributed by atoms with Crippen LogP contribution in [0.15, 0.2) is 47.6 Å². The van der Waals surface area contributed by atoms with Gasteiger partial charge in [-0.25, -0.2) is 9.82 Å². The summed E-state index contributed by atoms with van der Waals surface area (Å²) < 4.78 is 15.9. The third-order valence-corrected chi connectivity index (χ3v) is 5.08. The molecule has 0 fully saturated rings. The minimum absolute atomic E-state index is 0.136. The zero-order chi connectivity index (χ0) is 21.1. The van der Waals surface area contributed by atoms with Crippen LogP contribution in [0, 0.1) is 31.0 Å². The second kappa shape index (κ2) is 8.48. The van der Waals surface area contributed by atoms with Crippen molar-refractivity contribution in [1.82, 2.24) is 9.99 Å². The number of hydrogen-bond acceptors (Lipinski definition) is 3. The fourth-order valence-electron chi connectivity index (χ4n) is 2.93. The Hall–Kier alpha value is -3.14. The zero-order valence-corrected chi connectivity index (χ0v) is 17.0. The number of carbonyl (C=O) groups excluding carboxylic acids is 1. The first-order valence-corrected chi connectivity index (χ1v) is 9.25. The standard InChI is InChI=1S/C21H15Cl2FN4O/c1-12-7-15(13(2)28(12)16-4-6-18(22)19(23)9-16)11-26-27-21(29)17-5-3-14(10-25)8-20(17)24/h3-9,11H,1-2H3,(H,27,29)/b26-11+. The van der Waals surface area contributed by atoms with Gasteiger partial charge in [0.05, 0.1) is 33.5 Å². The number of rotatable bonds is 4. The molecule has 1 N–H and O–H groups in total. The van der Waals surface area contributed by atoms with Crippen LogP contribution >= 0.6 is 23.2 Å². The van der Waals surface area contributed by atoms with E-state index in [0.717, 1.165) is 28.7 Å². The lowest BCUT2D eigenvalue weighted by Crippen LogP contribution is -2.19. The Labute approximate surface area is 177 Å². The largest absolute Gasteiger partial charge is 0.318 e. The maximum atomic E-state index is 13.9. The Morgan fingerprint density at radius 3 is 2.59 bits per heavy atom. The average Bonchev–Trinajstić information content (AvgIpc) is 2.97. The van der Waals surface area contributed by atoms with Crippen molar-refractivity contribution in [2.75, 3.05) is 0 Å². The van der Waals surface area contributed by atoms with Crippen LogP contribution in [-0.4, -0.2) is 16.7 Å². The van der Waals surface area contributed by atoms with Gasteiger partial charge in [0, 0.05) is 22.6 Å². The number of carbonyl (C=O) groups is 1. The Kier molecular flexibility index (Phi) is 6.02. The normalized spacial score (nSPS) is 10.9. The van der Waals surface area contributed by atoms with Gasteiger partial charge in [0.25, 0.3) is 5.91 Å². The molecular formula is C21H15Cl2FN4O. The smallest absolute Gasteiger partial charge is 0.274 e. The Bertz CT molecular complexity index is 1180. The molecule has 0 saturated carbocycles. The zero-order valence-electron chi connectivity index (χ0n) is 15.5. The molecule has 1 aromatic heterocycles. The predicted molar refractivity (Wildman–Crippen MR) is 111 cm³/mol. The van der Waals surface area contributed by atoms with E-state index in [-0.39, 0.29) is 11.1 Å². The van der Waals surface area contributed by atoms with Crippen LogP contribution in [0.2, 0.25) is 10.0 Å². The second-order valence-electron chi connectivity index (χ2n) is 6.27. The number of nitrogens with zero attached hydrogens (tertiary/aromatic N) is 3. The van der Waals surface area contributed by atoms with Crippen molar-refractivity contribution in [1.29, 1.82) is 5.26 Å². The first kappa shape index (κ1) is 20.6. The van der Waals surface area contributed by atoms with Crippen molar-refractivity contribution in [2.24, 2.45) is 5.10 Å². The summed E-state index contributed by atoms with van der Waals surface area (Å²) in [6.07, 6.45) is 1.48. The number of nitriles is 1. The highest BCUT2D eigenvalue weighted by molar-refractivity contribution is 6.42. The van der Waals surface area contributed by atoms with Gasteiger partial charge >= 0.3 is 0 Å². The quantitative estimate of drug-likeness (QED) is 0.459. The molecule has 0 radical (unpaired) electrons. The van der Waals surface area contributed by atoms with Crippen LogP contribution < -0.4 is 5.43 Å². The van der Waals surface area contributed by atoms with E-state index in [9.17, 15) is 9.18 Å². The van der Waals surface area contributed by atoms with Crippen LogP contribution in [0.5, 0.6) is 0 Å². The van der Waals surface area contributed by atoms with Gasteiger partial charge in [-0.15, -0.1) is 0 Å². The van der Waals surface area contributed by atoms with Crippen LogP contribution in [0.4, 0.5) is 4.39 Å². The van der Waals surface area contributed by atoms with Crippen molar-refractivity contribution >= 4 is 35.3 Å². The molecule has 0 saturated heterocycles. The van der Waals surface area contributed by atoms with E-state index in [1.165, 1.54) is 18.3 Å². The van der Waals surface area contributed by atoms with Crippen molar-refractivity contribution in [2.45, 2.75) is 13.8 Å². The van der Waals surface area contributed by atoms with E-state index < -0.39 is 11.7 Å². The maximum absolute atomic E-state index is 13.9. The third-order valence-electron chi connectivity index (χ3n) is 4.34. The van der Waals surface area contributed by atoms with Gasteiger partial charge in [0.1, 0.15) is 5.82 Å². The highest BCUT2D eigenvalue weighted by Gasteiger charge is 2.13. The second-order valence-corrected chi connectivity index (χ2v) is 7.08. The number of nitrogens with one attached hydrogen (secondary N) is 1. The number of halogens is 3. The Balaban J connectivity index is 1.80. The molecule has 1 heterocycles. The molecule has 5 nitrogen and oxygen atoms in total. The Morgan fingerprint density at radius 2 is 1.93 bits per heavy atom. The van der Waals surface area contributed by atoms with Crippen LogP contribution in [0.25, 0.3) is 5.69 Å². The summed E-state index contributed by atoms with van der Waals surface area (Å²) in [4.78, 5) is 12.1. The van der Waals surface area contributed by atoms with E-state index in [1.54, 1.807) is 12.1 Å². The Morgan fingerprint density at radius 1 is 1.17 bits per heavy atom. The van der Waals surface area contributed by atoms with E-state index in [0.29, 0.717) is 10.0 Å². The molecule has 0 spiro atoms. The first-order chi connectivity index (χ1) is 13.8. The SMILES string of the molecule is Cc1cc(/C=N/NC(=O)c2ccc(C#N)cc2F)c(C)n1-c1ccc(Cl)c(Cl)c1. The van der Waals surface area contributed by atoms with E-state index in [1.807, 2.05) is 36.6 Å². The molecule has 2 aromatic carbocycles. The summed E-state index contributed by atoms with van der Waals surface area (Å²) in [5.74, 6) is -1.49. The summed E-state index contributed by atoms with van der Waals surface area (Å²) in [6, 6.07) is 12.7. The molecule has 3 aromatic rings. The number of aromatic nitrogens is 1. The van der Waals surface area contributed by atoms with Crippen LogP contribution in [0.3, 0.4) is 0 Å². The number of hydrazone groups is 1. The highest BCUT2D eigenvalue weighted by atomic mass is 35.5. The fourth-order valence-corrected chi connectivity index (χ4v) is 3.22. The summed E-state index contributed by atoms with van der Waals surface area (Å²) >= 11 is 12.1. The minimum Gasteiger partial charge on any atom is -0.318 e.